The SMILES string of the molecule is CCNC(=NCc1nnc2n1CCCCC2)NCC(C)C. The van der Waals surface area contributed by atoms with E-state index in [2.05, 4.69) is 51.2 Å². The van der Waals surface area contributed by atoms with Gasteiger partial charge in [0.05, 0.1) is 0 Å². The normalized spacial score (nSPS) is 15.7. The van der Waals surface area contributed by atoms with Crippen LogP contribution in [-0.2, 0) is 19.5 Å². The van der Waals surface area contributed by atoms with Gasteiger partial charge in [-0.3, -0.25) is 0 Å². The number of hydrogen-bond donors (Lipinski definition) is 2. The first-order valence-corrected chi connectivity index (χ1v) is 8.13. The van der Waals surface area contributed by atoms with Crippen molar-refractivity contribution in [1.82, 2.24) is 25.4 Å². The molecule has 0 fully saturated rings. The van der Waals surface area contributed by atoms with Crippen molar-refractivity contribution in [1.29, 1.82) is 0 Å². The summed E-state index contributed by atoms with van der Waals surface area (Å²) in [6.07, 6.45) is 4.76. The van der Waals surface area contributed by atoms with Gasteiger partial charge in [-0.05, 0) is 25.7 Å². The Morgan fingerprint density at radius 3 is 2.86 bits per heavy atom. The summed E-state index contributed by atoms with van der Waals surface area (Å²) in [5.74, 6) is 3.56. The summed E-state index contributed by atoms with van der Waals surface area (Å²) in [5, 5.41) is 15.3. The first kappa shape index (κ1) is 15.8. The molecule has 0 aromatic carbocycles. The molecule has 6 heteroatoms. The molecule has 0 radical (unpaired) electrons. The number of nitrogens with zero attached hydrogens (tertiary/aromatic N) is 4. The van der Waals surface area contributed by atoms with Crippen LogP contribution in [-0.4, -0.2) is 33.8 Å². The van der Waals surface area contributed by atoms with Gasteiger partial charge in [0.25, 0.3) is 0 Å². The topological polar surface area (TPSA) is 67.1 Å². The Morgan fingerprint density at radius 1 is 1.24 bits per heavy atom. The van der Waals surface area contributed by atoms with Gasteiger partial charge >= 0.3 is 0 Å². The molecule has 0 saturated heterocycles. The predicted octanol–water partition coefficient (Wildman–Crippen LogP) is 1.72. The minimum Gasteiger partial charge on any atom is -0.357 e. The zero-order valence-electron chi connectivity index (χ0n) is 13.5. The van der Waals surface area contributed by atoms with Gasteiger partial charge in [-0.2, -0.15) is 0 Å². The third-order valence-electron chi connectivity index (χ3n) is 3.59. The molecular weight excluding hydrogens is 264 g/mol. The molecule has 0 atom stereocenters. The fraction of sp³-hybridized carbons (Fsp3) is 0.800. The lowest BCUT2D eigenvalue weighted by atomic mass is 10.2. The molecule has 0 amide bonds. The molecule has 21 heavy (non-hydrogen) atoms. The van der Waals surface area contributed by atoms with Gasteiger partial charge < -0.3 is 15.2 Å². The number of aliphatic imine (C=N–C) groups is 1. The second-order valence-corrected chi connectivity index (χ2v) is 5.96. The van der Waals surface area contributed by atoms with Crippen LogP contribution in [0, 0.1) is 5.92 Å². The van der Waals surface area contributed by atoms with Crippen molar-refractivity contribution in [2.45, 2.75) is 59.5 Å². The Morgan fingerprint density at radius 2 is 2.10 bits per heavy atom. The van der Waals surface area contributed by atoms with Crippen molar-refractivity contribution >= 4 is 5.96 Å². The van der Waals surface area contributed by atoms with Crippen LogP contribution >= 0.6 is 0 Å². The van der Waals surface area contributed by atoms with Gasteiger partial charge in [-0.25, -0.2) is 4.99 Å². The fourth-order valence-electron chi connectivity index (χ4n) is 2.45. The quantitative estimate of drug-likeness (QED) is 0.640. The molecule has 1 aromatic heterocycles. The molecule has 0 unspecified atom stereocenters. The average Bonchev–Trinajstić information content (AvgIpc) is 2.69. The standard InChI is InChI=1S/C15H28N6/c1-4-16-15(17-10-12(2)3)18-11-14-20-19-13-8-6-5-7-9-21(13)14/h12H,4-11H2,1-3H3,(H2,16,17,18). The van der Waals surface area contributed by atoms with E-state index in [0.29, 0.717) is 12.5 Å². The van der Waals surface area contributed by atoms with Crippen molar-refractivity contribution in [3.8, 4) is 0 Å². The van der Waals surface area contributed by atoms with Gasteiger partial charge in [-0.1, -0.05) is 20.3 Å². The number of rotatable bonds is 5. The Kier molecular flexibility index (Phi) is 6.02. The van der Waals surface area contributed by atoms with E-state index in [1.165, 1.54) is 19.3 Å². The van der Waals surface area contributed by atoms with E-state index in [4.69, 9.17) is 0 Å². The second-order valence-electron chi connectivity index (χ2n) is 5.96. The number of fused-ring (bicyclic) bond motifs is 1. The van der Waals surface area contributed by atoms with E-state index >= 15 is 0 Å². The molecule has 0 aliphatic carbocycles. The molecule has 1 aliphatic heterocycles. The van der Waals surface area contributed by atoms with Crippen LogP contribution in [0.1, 0.15) is 51.7 Å². The van der Waals surface area contributed by atoms with E-state index in [-0.39, 0.29) is 0 Å². The highest BCUT2D eigenvalue weighted by molar-refractivity contribution is 5.79. The molecular formula is C15H28N6. The molecule has 0 saturated carbocycles. The maximum Gasteiger partial charge on any atom is 0.191 e. The zero-order chi connectivity index (χ0) is 15.1. The first-order chi connectivity index (χ1) is 10.2. The summed E-state index contributed by atoms with van der Waals surface area (Å²) in [7, 11) is 0. The Balaban J connectivity index is 2.01. The van der Waals surface area contributed by atoms with Crippen molar-refractivity contribution in [2.24, 2.45) is 10.9 Å². The zero-order valence-corrected chi connectivity index (χ0v) is 13.5. The van der Waals surface area contributed by atoms with Gasteiger partial charge in [0.2, 0.25) is 0 Å². The minimum absolute atomic E-state index is 0.584. The highest BCUT2D eigenvalue weighted by Gasteiger charge is 2.14. The van der Waals surface area contributed by atoms with E-state index in [9.17, 15) is 0 Å². The summed E-state index contributed by atoms with van der Waals surface area (Å²) in [5.41, 5.74) is 0. The number of guanidine groups is 1. The van der Waals surface area contributed by atoms with Crippen molar-refractivity contribution in [3.05, 3.63) is 11.6 Å². The summed E-state index contributed by atoms with van der Waals surface area (Å²) >= 11 is 0. The monoisotopic (exact) mass is 292 g/mol. The molecule has 0 spiro atoms. The molecule has 0 bridgehead atoms. The molecule has 1 aromatic rings. The molecule has 6 nitrogen and oxygen atoms in total. The molecule has 2 rings (SSSR count). The maximum absolute atomic E-state index is 4.64. The lowest BCUT2D eigenvalue weighted by Gasteiger charge is -2.13. The van der Waals surface area contributed by atoms with Crippen LogP contribution < -0.4 is 10.6 Å². The predicted molar refractivity (Wildman–Crippen MR) is 85.2 cm³/mol. The average molecular weight is 292 g/mol. The van der Waals surface area contributed by atoms with Crippen molar-refractivity contribution in [2.75, 3.05) is 13.1 Å². The second kappa shape index (κ2) is 8.00. The summed E-state index contributed by atoms with van der Waals surface area (Å²) < 4.78 is 2.25. The highest BCUT2D eigenvalue weighted by Crippen LogP contribution is 2.14. The van der Waals surface area contributed by atoms with Gasteiger partial charge in [0, 0.05) is 26.1 Å². The lowest BCUT2D eigenvalue weighted by Crippen LogP contribution is -2.39. The summed E-state index contributed by atoms with van der Waals surface area (Å²) in [6.45, 7) is 9.86. The van der Waals surface area contributed by atoms with Gasteiger partial charge in [0.1, 0.15) is 12.4 Å². The largest absolute Gasteiger partial charge is 0.357 e. The number of hydrogen-bond acceptors (Lipinski definition) is 3. The highest BCUT2D eigenvalue weighted by atomic mass is 15.3. The van der Waals surface area contributed by atoms with Crippen LogP contribution in [0.2, 0.25) is 0 Å². The number of aromatic nitrogens is 3. The van der Waals surface area contributed by atoms with Gasteiger partial charge in [0.15, 0.2) is 11.8 Å². The van der Waals surface area contributed by atoms with E-state index < -0.39 is 0 Å². The third-order valence-corrected chi connectivity index (χ3v) is 3.59. The van der Waals surface area contributed by atoms with Crippen molar-refractivity contribution in [3.63, 3.8) is 0 Å². The number of nitrogens with one attached hydrogen (secondary N) is 2. The van der Waals surface area contributed by atoms with Crippen molar-refractivity contribution < 1.29 is 0 Å². The van der Waals surface area contributed by atoms with Crippen LogP contribution in [0.15, 0.2) is 4.99 Å². The molecule has 118 valence electrons. The molecule has 2 N–H and O–H groups in total. The summed E-state index contributed by atoms with van der Waals surface area (Å²) in [4.78, 5) is 4.64. The Labute approximate surface area is 127 Å². The van der Waals surface area contributed by atoms with E-state index in [1.807, 2.05) is 0 Å². The Bertz CT molecular complexity index is 463. The lowest BCUT2D eigenvalue weighted by molar-refractivity contribution is 0.600. The van der Waals surface area contributed by atoms with Crippen LogP contribution in [0.5, 0.6) is 0 Å². The van der Waals surface area contributed by atoms with Gasteiger partial charge in [-0.15, -0.1) is 10.2 Å². The maximum atomic E-state index is 4.64. The minimum atomic E-state index is 0.584. The smallest absolute Gasteiger partial charge is 0.191 e. The van der Waals surface area contributed by atoms with Crippen LogP contribution in [0.4, 0.5) is 0 Å². The molecule has 1 aliphatic rings. The first-order valence-electron chi connectivity index (χ1n) is 8.13. The van der Waals surface area contributed by atoms with E-state index in [1.54, 1.807) is 0 Å². The fourth-order valence-corrected chi connectivity index (χ4v) is 2.45. The van der Waals surface area contributed by atoms with Crippen LogP contribution in [0.3, 0.4) is 0 Å². The van der Waals surface area contributed by atoms with Crippen LogP contribution in [0.25, 0.3) is 0 Å². The Hall–Kier alpha value is -1.59. The summed E-state index contributed by atoms with van der Waals surface area (Å²) in [6, 6.07) is 0. The van der Waals surface area contributed by atoms with E-state index in [0.717, 1.165) is 43.7 Å². The third kappa shape index (κ3) is 4.72. The molecule has 2 heterocycles. The number of aryl methyl sites for hydroxylation is 1.